The SMILES string of the molecule is COc1ccc(/C=C2/C(=O)NC(=O)NC2=S)c(OC)c1. The molecule has 0 spiro atoms. The third-order valence-electron chi connectivity index (χ3n) is 2.68. The topological polar surface area (TPSA) is 76.7 Å². The molecule has 1 fully saturated rings. The van der Waals surface area contributed by atoms with Gasteiger partial charge in [0.15, 0.2) is 0 Å². The summed E-state index contributed by atoms with van der Waals surface area (Å²) in [5.74, 6) is 0.619. The highest BCUT2D eigenvalue weighted by Gasteiger charge is 2.24. The van der Waals surface area contributed by atoms with Crippen molar-refractivity contribution in [1.82, 2.24) is 10.6 Å². The van der Waals surface area contributed by atoms with Gasteiger partial charge in [-0.3, -0.25) is 15.4 Å². The standard InChI is InChI=1S/C13H12N2O4S/c1-18-8-4-3-7(10(6-8)19-2)5-9-11(16)14-13(17)15-12(9)20/h3-6H,1-2H3,(H2,14,15,16,17,20)/b9-5-. The highest BCUT2D eigenvalue weighted by molar-refractivity contribution is 7.81. The number of methoxy groups -OCH3 is 2. The van der Waals surface area contributed by atoms with Crippen LogP contribution >= 0.6 is 12.2 Å². The molecule has 0 saturated carbocycles. The van der Waals surface area contributed by atoms with Crippen molar-refractivity contribution in [2.24, 2.45) is 0 Å². The fourth-order valence-electron chi connectivity index (χ4n) is 1.70. The van der Waals surface area contributed by atoms with E-state index in [1.807, 2.05) is 0 Å². The van der Waals surface area contributed by atoms with Gasteiger partial charge in [-0.15, -0.1) is 0 Å². The zero-order valence-corrected chi connectivity index (χ0v) is 11.7. The molecule has 7 heteroatoms. The Bertz CT molecular complexity index is 603. The first kappa shape index (κ1) is 14.0. The van der Waals surface area contributed by atoms with Crippen LogP contribution in [-0.4, -0.2) is 31.1 Å². The fourth-order valence-corrected chi connectivity index (χ4v) is 1.94. The van der Waals surface area contributed by atoms with Crippen LogP contribution < -0.4 is 20.1 Å². The second kappa shape index (κ2) is 5.70. The Hall–Kier alpha value is -2.41. The molecule has 2 rings (SSSR count). The number of thiocarbonyl (C=S) groups is 1. The molecule has 6 nitrogen and oxygen atoms in total. The van der Waals surface area contributed by atoms with Crippen molar-refractivity contribution in [1.29, 1.82) is 0 Å². The molecule has 0 aliphatic carbocycles. The first-order chi connectivity index (χ1) is 9.55. The van der Waals surface area contributed by atoms with E-state index in [9.17, 15) is 9.59 Å². The van der Waals surface area contributed by atoms with Crippen LogP contribution in [0, 0.1) is 0 Å². The molecular weight excluding hydrogens is 280 g/mol. The number of amides is 3. The van der Waals surface area contributed by atoms with Crippen LogP contribution in [0.3, 0.4) is 0 Å². The monoisotopic (exact) mass is 292 g/mol. The number of benzene rings is 1. The van der Waals surface area contributed by atoms with Gasteiger partial charge in [-0.25, -0.2) is 4.79 Å². The Morgan fingerprint density at radius 2 is 1.90 bits per heavy atom. The minimum absolute atomic E-state index is 0.0802. The summed E-state index contributed by atoms with van der Waals surface area (Å²) in [6, 6.07) is 4.53. The Morgan fingerprint density at radius 1 is 1.15 bits per heavy atom. The van der Waals surface area contributed by atoms with Crippen molar-refractivity contribution in [2.75, 3.05) is 14.2 Å². The van der Waals surface area contributed by atoms with Gasteiger partial charge in [0.05, 0.1) is 19.8 Å². The minimum Gasteiger partial charge on any atom is -0.497 e. The molecule has 2 N–H and O–H groups in total. The summed E-state index contributed by atoms with van der Waals surface area (Å²) in [5.41, 5.74) is 0.847. The Balaban J connectivity index is 2.41. The third kappa shape index (κ3) is 2.77. The van der Waals surface area contributed by atoms with Crippen molar-refractivity contribution in [2.45, 2.75) is 0 Å². The number of imide groups is 1. The van der Waals surface area contributed by atoms with Gasteiger partial charge >= 0.3 is 6.03 Å². The van der Waals surface area contributed by atoms with Gasteiger partial charge in [-0.05, 0) is 18.2 Å². The van der Waals surface area contributed by atoms with Crippen molar-refractivity contribution < 1.29 is 19.1 Å². The zero-order valence-electron chi connectivity index (χ0n) is 10.9. The molecule has 1 aliphatic heterocycles. The molecule has 1 saturated heterocycles. The molecule has 1 aromatic rings. The van der Waals surface area contributed by atoms with Crippen molar-refractivity contribution in [3.05, 3.63) is 29.3 Å². The molecular formula is C13H12N2O4S. The number of nitrogens with one attached hydrogen (secondary N) is 2. The van der Waals surface area contributed by atoms with Crippen molar-refractivity contribution in [3.63, 3.8) is 0 Å². The van der Waals surface area contributed by atoms with Gasteiger partial charge in [-0.1, -0.05) is 12.2 Å². The predicted molar refractivity (Wildman–Crippen MR) is 76.8 cm³/mol. The zero-order chi connectivity index (χ0) is 14.7. The van der Waals surface area contributed by atoms with E-state index in [4.69, 9.17) is 21.7 Å². The summed E-state index contributed by atoms with van der Waals surface area (Å²) in [6.45, 7) is 0. The van der Waals surface area contributed by atoms with E-state index in [1.165, 1.54) is 7.11 Å². The van der Waals surface area contributed by atoms with E-state index in [2.05, 4.69) is 10.6 Å². The second-order valence-electron chi connectivity index (χ2n) is 3.90. The number of carbonyl (C=O) groups is 2. The van der Waals surface area contributed by atoms with E-state index in [0.29, 0.717) is 17.1 Å². The number of carbonyl (C=O) groups excluding carboxylic acids is 2. The predicted octanol–water partition coefficient (Wildman–Crippen LogP) is 1.25. The maximum atomic E-state index is 11.7. The Morgan fingerprint density at radius 3 is 2.50 bits per heavy atom. The molecule has 0 atom stereocenters. The number of hydrogen-bond acceptors (Lipinski definition) is 5. The van der Waals surface area contributed by atoms with Crippen LogP contribution in [0.25, 0.3) is 6.08 Å². The van der Waals surface area contributed by atoms with E-state index in [0.717, 1.165) is 0 Å². The van der Waals surface area contributed by atoms with Crippen LogP contribution in [-0.2, 0) is 4.79 Å². The summed E-state index contributed by atoms with van der Waals surface area (Å²) in [7, 11) is 3.06. The first-order valence-corrected chi connectivity index (χ1v) is 6.06. The molecule has 20 heavy (non-hydrogen) atoms. The lowest BCUT2D eigenvalue weighted by Crippen LogP contribution is -2.50. The smallest absolute Gasteiger partial charge is 0.326 e. The highest BCUT2D eigenvalue weighted by Crippen LogP contribution is 2.26. The summed E-state index contributed by atoms with van der Waals surface area (Å²) in [6.07, 6.45) is 1.55. The van der Waals surface area contributed by atoms with Crippen LogP contribution in [0.1, 0.15) is 5.56 Å². The van der Waals surface area contributed by atoms with Gasteiger partial charge in [0, 0.05) is 11.6 Å². The van der Waals surface area contributed by atoms with Crippen molar-refractivity contribution >= 4 is 35.2 Å². The number of hydrogen-bond donors (Lipinski definition) is 2. The number of urea groups is 1. The highest BCUT2D eigenvalue weighted by atomic mass is 32.1. The minimum atomic E-state index is -0.626. The second-order valence-corrected chi connectivity index (χ2v) is 4.31. The molecule has 0 bridgehead atoms. The van der Waals surface area contributed by atoms with Crippen LogP contribution in [0.2, 0.25) is 0 Å². The van der Waals surface area contributed by atoms with Gasteiger partial charge in [-0.2, -0.15) is 0 Å². The molecule has 1 heterocycles. The van der Waals surface area contributed by atoms with Crippen LogP contribution in [0.15, 0.2) is 23.8 Å². The Labute approximate surface area is 120 Å². The largest absolute Gasteiger partial charge is 0.497 e. The molecule has 104 valence electrons. The number of ether oxygens (including phenoxy) is 2. The van der Waals surface area contributed by atoms with Gasteiger partial charge < -0.3 is 9.47 Å². The van der Waals surface area contributed by atoms with Crippen LogP contribution in [0.5, 0.6) is 11.5 Å². The summed E-state index contributed by atoms with van der Waals surface area (Å²) in [5, 5.41) is 4.50. The summed E-state index contributed by atoms with van der Waals surface area (Å²) < 4.78 is 10.3. The maximum absolute atomic E-state index is 11.7. The normalized spacial score (nSPS) is 16.7. The molecule has 1 aromatic carbocycles. The number of rotatable bonds is 3. The lowest BCUT2D eigenvalue weighted by molar-refractivity contribution is -0.116. The van der Waals surface area contributed by atoms with E-state index < -0.39 is 11.9 Å². The van der Waals surface area contributed by atoms with Crippen molar-refractivity contribution in [3.8, 4) is 11.5 Å². The van der Waals surface area contributed by atoms with E-state index >= 15 is 0 Å². The average molecular weight is 292 g/mol. The van der Waals surface area contributed by atoms with E-state index in [-0.39, 0.29) is 10.6 Å². The average Bonchev–Trinajstić information content (AvgIpc) is 2.42. The summed E-state index contributed by atoms with van der Waals surface area (Å²) >= 11 is 4.98. The van der Waals surface area contributed by atoms with Gasteiger partial charge in [0.25, 0.3) is 5.91 Å². The molecule has 3 amide bonds. The molecule has 1 aliphatic rings. The quantitative estimate of drug-likeness (QED) is 0.648. The molecule has 0 aromatic heterocycles. The molecule has 0 radical (unpaired) electrons. The lowest BCUT2D eigenvalue weighted by Gasteiger charge is -2.17. The summed E-state index contributed by atoms with van der Waals surface area (Å²) in [4.78, 5) is 22.9. The third-order valence-corrected chi connectivity index (χ3v) is 3.01. The first-order valence-electron chi connectivity index (χ1n) is 5.65. The van der Waals surface area contributed by atoms with Gasteiger partial charge in [0.1, 0.15) is 16.5 Å². The van der Waals surface area contributed by atoms with E-state index in [1.54, 1.807) is 31.4 Å². The fraction of sp³-hybridized carbons (Fsp3) is 0.154. The lowest BCUT2D eigenvalue weighted by atomic mass is 10.1. The van der Waals surface area contributed by atoms with Crippen LogP contribution in [0.4, 0.5) is 4.79 Å². The maximum Gasteiger partial charge on any atom is 0.326 e. The Kier molecular flexibility index (Phi) is 3.99. The van der Waals surface area contributed by atoms with Gasteiger partial charge in [0.2, 0.25) is 0 Å². The molecule has 0 unspecified atom stereocenters.